The fourth-order valence-corrected chi connectivity index (χ4v) is 1.53. The van der Waals surface area contributed by atoms with E-state index >= 15 is 0 Å². The molecule has 0 saturated carbocycles. The van der Waals surface area contributed by atoms with Crippen LogP contribution in [0.3, 0.4) is 0 Å². The Kier molecular flexibility index (Phi) is 4.85. The van der Waals surface area contributed by atoms with Gasteiger partial charge in [-0.1, -0.05) is 6.92 Å². The van der Waals surface area contributed by atoms with Crippen LogP contribution in [-0.4, -0.2) is 32.8 Å². The minimum atomic E-state index is 0.806. The molecule has 0 spiro atoms. The Bertz CT molecular complexity index is 236. The minimum Gasteiger partial charge on any atom is -0.320 e. The van der Waals surface area contributed by atoms with Gasteiger partial charge in [0.1, 0.15) is 12.2 Å². The van der Waals surface area contributed by atoms with E-state index in [4.69, 9.17) is 0 Å². The standard InChI is InChI=1S/C8H16N4S/c1-3-13-5-4-9-6-8-11-10-7-12(8)2/h7,9H,3-6H2,1-2H3. The molecule has 4 nitrogen and oxygen atoms in total. The highest BCUT2D eigenvalue weighted by Crippen LogP contribution is 1.96. The second kappa shape index (κ2) is 5.99. The van der Waals surface area contributed by atoms with Crippen molar-refractivity contribution in [1.82, 2.24) is 20.1 Å². The number of thioether (sulfide) groups is 1. The first-order chi connectivity index (χ1) is 6.34. The highest BCUT2D eigenvalue weighted by Gasteiger charge is 1.97. The molecule has 0 bridgehead atoms. The molecule has 1 N–H and O–H groups in total. The second-order valence-corrected chi connectivity index (χ2v) is 4.13. The van der Waals surface area contributed by atoms with Crippen molar-refractivity contribution in [3.63, 3.8) is 0 Å². The molecule has 0 aliphatic heterocycles. The van der Waals surface area contributed by atoms with Crippen molar-refractivity contribution >= 4 is 11.8 Å². The summed E-state index contributed by atoms with van der Waals surface area (Å²) in [6.07, 6.45) is 1.72. The molecule has 0 radical (unpaired) electrons. The van der Waals surface area contributed by atoms with Gasteiger partial charge in [-0.2, -0.15) is 11.8 Å². The summed E-state index contributed by atoms with van der Waals surface area (Å²) in [6, 6.07) is 0. The fourth-order valence-electron chi connectivity index (χ4n) is 0.956. The van der Waals surface area contributed by atoms with Crippen LogP contribution >= 0.6 is 11.8 Å². The van der Waals surface area contributed by atoms with Crippen LogP contribution in [0, 0.1) is 0 Å². The molecule has 0 saturated heterocycles. The number of hydrogen-bond acceptors (Lipinski definition) is 4. The average Bonchev–Trinajstić information content (AvgIpc) is 2.52. The third-order valence-corrected chi connectivity index (χ3v) is 2.62. The van der Waals surface area contributed by atoms with E-state index in [2.05, 4.69) is 22.4 Å². The Balaban J connectivity index is 2.10. The number of rotatable bonds is 6. The highest BCUT2D eigenvalue weighted by molar-refractivity contribution is 7.99. The summed E-state index contributed by atoms with van der Waals surface area (Å²) in [5, 5.41) is 11.1. The molecule has 13 heavy (non-hydrogen) atoms. The molecule has 1 rings (SSSR count). The van der Waals surface area contributed by atoms with E-state index in [9.17, 15) is 0 Å². The maximum absolute atomic E-state index is 3.98. The summed E-state index contributed by atoms with van der Waals surface area (Å²) < 4.78 is 1.93. The van der Waals surface area contributed by atoms with Crippen LogP contribution in [0.4, 0.5) is 0 Å². The number of nitrogens with one attached hydrogen (secondary N) is 1. The van der Waals surface area contributed by atoms with E-state index in [1.807, 2.05) is 23.4 Å². The van der Waals surface area contributed by atoms with Gasteiger partial charge < -0.3 is 9.88 Å². The number of aromatic nitrogens is 3. The van der Waals surface area contributed by atoms with Crippen LogP contribution in [-0.2, 0) is 13.6 Å². The Morgan fingerprint density at radius 3 is 3.08 bits per heavy atom. The van der Waals surface area contributed by atoms with Gasteiger partial charge in [-0.25, -0.2) is 0 Å². The summed E-state index contributed by atoms with van der Waals surface area (Å²) in [6.45, 7) is 4.01. The summed E-state index contributed by atoms with van der Waals surface area (Å²) in [7, 11) is 1.96. The summed E-state index contributed by atoms with van der Waals surface area (Å²) >= 11 is 1.94. The first kappa shape index (κ1) is 10.5. The molecule has 1 heterocycles. The molecular formula is C8H16N4S. The summed E-state index contributed by atoms with van der Waals surface area (Å²) in [5.41, 5.74) is 0. The van der Waals surface area contributed by atoms with Gasteiger partial charge in [0.2, 0.25) is 0 Å². The average molecular weight is 200 g/mol. The van der Waals surface area contributed by atoms with Crippen LogP contribution in [0.15, 0.2) is 6.33 Å². The van der Waals surface area contributed by atoms with Gasteiger partial charge in [0, 0.05) is 19.3 Å². The lowest BCUT2D eigenvalue weighted by Gasteiger charge is -2.02. The minimum absolute atomic E-state index is 0.806. The van der Waals surface area contributed by atoms with Gasteiger partial charge in [-0.15, -0.1) is 10.2 Å². The van der Waals surface area contributed by atoms with E-state index < -0.39 is 0 Å². The predicted molar refractivity (Wildman–Crippen MR) is 55.7 cm³/mol. The molecule has 0 aliphatic carbocycles. The zero-order chi connectivity index (χ0) is 9.52. The van der Waals surface area contributed by atoms with Crippen molar-refractivity contribution in [2.24, 2.45) is 7.05 Å². The smallest absolute Gasteiger partial charge is 0.146 e. The molecule has 0 aromatic carbocycles. The lowest BCUT2D eigenvalue weighted by molar-refractivity contribution is 0.663. The molecule has 1 aromatic heterocycles. The zero-order valence-electron chi connectivity index (χ0n) is 8.16. The van der Waals surface area contributed by atoms with Gasteiger partial charge in [0.25, 0.3) is 0 Å². The zero-order valence-corrected chi connectivity index (χ0v) is 8.97. The monoisotopic (exact) mass is 200 g/mol. The maximum atomic E-state index is 3.98. The molecule has 0 aliphatic rings. The predicted octanol–water partition coefficient (Wildman–Crippen LogP) is 0.658. The lowest BCUT2D eigenvalue weighted by Crippen LogP contribution is -2.18. The van der Waals surface area contributed by atoms with Crippen molar-refractivity contribution in [3.05, 3.63) is 12.2 Å². The Morgan fingerprint density at radius 1 is 1.62 bits per heavy atom. The van der Waals surface area contributed by atoms with Gasteiger partial charge in [0.15, 0.2) is 0 Å². The Labute approximate surface area is 83.1 Å². The number of nitrogens with zero attached hydrogens (tertiary/aromatic N) is 3. The third-order valence-electron chi connectivity index (χ3n) is 1.72. The first-order valence-corrected chi connectivity index (χ1v) is 5.61. The van der Waals surface area contributed by atoms with Crippen molar-refractivity contribution in [2.45, 2.75) is 13.5 Å². The van der Waals surface area contributed by atoms with Crippen LogP contribution in [0.5, 0.6) is 0 Å². The third kappa shape index (κ3) is 3.78. The van der Waals surface area contributed by atoms with Gasteiger partial charge in [-0.05, 0) is 5.75 Å². The summed E-state index contributed by atoms with van der Waals surface area (Å²) in [4.78, 5) is 0. The molecule has 74 valence electrons. The van der Waals surface area contributed by atoms with Crippen LogP contribution in [0.1, 0.15) is 12.7 Å². The van der Waals surface area contributed by atoms with Gasteiger partial charge in [0.05, 0.1) is 6.54 Å². The quantitative estimate of drug-likeness (QED) is 0.685. The van der Waals surface area contributed by atoms with Crippen molar-refractivity contribution < 1.29 is 0 Å². The van der Waals surface area contributed by atoms with E-state index in [0.29, 0.717) is 0 Å². The van der Waals surface area contributed by atoms with E-state index in [-0.39, 0.29) is 0 Å². The largest absolute Gasteiger partial charge is 0.320 e. The van der Waals surface area contributed by atoms with E-state index in [0.717, 1.165) is 24.7 Å². The molecule has 0 fully saturated rings. The van der Waals surface area contributed by atoms with Gasteiger partial charge >= 0.3 is 0 Å². The number of hydrogen-bond donors (Lipinski definition) is 1. The molecule has 0 unspecified atom stereocenters. The fraction of sp³-hybridized carbons (Fsp3) is 0.750. The van der Waals surface area contributed by atoms with Crippen molar-refractivity contribution in [3.8, 4) is 0 Å². The normalized spacial score (nSPS) is 10.6. The lowest BCUT2D eigenvalue weighted by atomic mass is 10.5. The maximum Gasteiger partial charge on any atom is 0.146 e. The van der Waals surface area contributed by atoms with Crippen LogP contribution < -0.4 is 5.32 Å². The summed E-state index contributed by atoms with van der Waals surface area (Å²) in [5.74, 6) is 3.33. The van der Waals surface area contributed by atoms with Crippen LogP contribution in [0.2, 0.25) is 0 Å². The van der Waals surface area contributed by atoms with E-state index in [1.54, 1.807) is 6.33 Å². The highest BCUT2D eigenvalue weighted by atomic mass is 32.2. The van der Waals surface area contributed by atoms with E-state index in [1.165, 1.54) is 5.75 Å². The van der Waals surface area contributed by atoms with Crippen molar-refractivity contribution in [1.29, 1.82) is 0 Å². The molecule has 1 aromatic rings. The molecule has 0 amide bonds. The SMILES string of the molecule is CCSCCNCc1nncn1C. The van der Waals surface area contributed by atoms with Crippen LogP contribution in [0.25, 0.3) is 0 Å². The Hall–Kier alpha value is -0.550. The molecule has 0 atom stereocenters. The second-order valence-electron chi connectivity index (χ2n) is 2.73. The topological polar surface area (TPSA) is 42.7 Å². The number of aryl methyl sites for hydroxylation is 1. The first-order valence-electron chi connectivity index (χ1n) is 4.46. The Morgan fingerprint density at radius 2 is 2.46 bits per heavy atom. The molecule has 5 heteroatoms. The molecular weight excluding hydrogens is 184 g/mol. The van der Waals surface area contributed by atoms with Crippen molar-refractivity contribution in [2.75, 3.05) is 18.1 Å². The van der Waals surface area contributed by atoms with Gasteiger partial charge in [-0.3, -0.25) is 0 Å².